The van der Waals surface area contributed by atoms with E-state index in [4.69, 9.17) is 11.6 Å². The molecule has 1 aliphatic heterocycles. The highest BCUT2D eigenvalue weighted by atomic mass is 35.5. The summed E-state index contributed by atoms with van der Waals surface area (Å²) in [5.74, 6) is 0.641. The van der Waals surface area contributed by atoms with Crippen LogP contribution in [0.15, 0.2) is 65.7 Å². The minimum absolute atomic E-state index is 0.0574. The van der Waals surface area contributed by atoms with Gasteiger partial charge in [0.25, 0.3) is 15.9 Å². The van der Waals surface area contributed by atoms with Crippen molar-refractivity contribution in [3.8, 4) is 0 Å². The van der Waals surface area contributed by atoms with Crippen molar-refractivity contribution in [3.05, 3.63) is 82.5 Å². The van der Waals surface area contributed by atoms with E-state index in [0.717, 1.165) is 16.9 Å². The molecule has 0 aliphatic carbocycles. The summed E-state index contributed by atoms with van der Waals surface area (Å²) >= 11 is 5.91. The molecule has 1 N–H and O–H groups in total. The number of carbonyl (C=O) groups excluding carboxylic acids is 1. The molecule has 0 spiro atoms. The van der Waals surface area contributed by atoms with E-state index in [1.54, 1.807) is 41.4 Å². The highest BCUT2D eigenvalue weighted by Crippen LogP contribution is 2.22. The molecule has 172 valence electrons. The Morgan fingerprint density at radius 3 is 2.42 bits per heavy atom. The Morgan fingerprint density at radius 1 is 1.00 bits per heavy atom. The number of rotatable bonds is 5. The fraction of sp³-hybridized carbons (Fsp3) is 0.250. The molecule has 0 bridgehead atoms. The van der Waals surface area contributed by atoms with Gasteiger partial charge in [-0.05, 0) is 61.4 Å². The first-order valence-corrected chi connectivity index (χ1v) is 12.4. The van der Waals surface area contributed by atoms with Crippen LogP contribution in [0.3, 0.4) is 0 Å². The fourth-order valence-corrected chi connectivity index (χ4v) is 4.97. The number of pyridine rings is 1. The number of aryl methyl sites for hydroxylation is 2. The van der Waals surface area contributed by atoms with Crippen LogP contribution in [0, 0.1) is 13.8 Å². The van der Waals surface area contributed by atoms with E-state index in [1.165, 1.54) is 12.1 Å². The Labute approximate surface area is 199 Å². The molecule has 1 amide bonds. The molecule has 0 saturated carbocycles. The van der Waals surface area contributed by atoms with Crippen LogP contribution < -0.4 is 9.62 Å². The number of carbonyl (C=O) groups is 1. The lowest BCUT2D eigenvalue weighted by Gasteiger charge is -2.35. The quantitative estimate of drug-likeness (QED) is 0.589. The third-order valence-corrected chi connectivity index (χ3v) is 7.23. The molecule has 7 nitrogen and oxygen atoms in total. The zero-order valence-corrected chi connectivity index (χ0v) is 20.0. The smallest absolute Gasteiger partial charge is 0.261 e. The monoisotopic (exact) mass is 484 g/mol. The van der Waals surface area contributed by atoms with Crippen molar-refractivity contribution in [2.45, 2.75) is 18.7 Å². The second-order valence-corrected chi connectivity index (χ2v) is 10.2. The number of hydrogen-bond donors (Lipinski definition) is 1. The predicted octanol–water partition coefficient (Wildman–Crippen LogP) is 4.12. The molecule has 2 heterocycles. The number of benzene rings is 2. The first-order chi connectivity index (χ1) is 15.7. The Bertz CT molecular complexity index is 1270. The lowest BCUT2D eigenvalue weighted by atomic mass is 10.1. The van der Waals surface area contributed by atoms with Crippen molar-refractivity contribution < 1.29 is 13.2 Å². The number of anilines is 2. The number of halogens is 1. The Morgan fingerprint density at radius 2 is 1.76 bits per heavy atom. The number of piperazine rings is 1. The lowest BCUT2D eigenvalue weighted by Crippen LogP contribution is -2.49. The molecule has 4 rings (SSSR count). The molecule has 33 heavy (non-hydrogen) atoms. The molecular formula is C24H25ClN4O3S. The third-order valence-electron chi connectivity index (χ3n) is 5.62. The van der Waals surface area contributed by atoms with Crippen molar-refractivity contribution >= 4 is 39.0 Å². The summed E-state index contributed by atoms with van der Waals surface area (Å²) in [5.41, 5.74) is 2.55. The van der Waals surface area contributed by atoms with Gasteiger partial charge in [0.05, 0.1) is 9.92 Å². The first kappa shape index (κ1) is 23.1. The second-order valence-electron chi connectivity index (χ2n) is 8.07. The van der Waals surface area contributed by atoms with Crippen LogP contribution >= 0.6 is 11.6 Å². The second kappa shape index (κ2) is 9.41. The van der Waals surface area contributed by atoms with E-state index in [1.807, 2.05) is 26.0 Å². The lowest BCUT2D eigenvalue weighted by molar-refractivity contribution is 0.0745. The summed E-state index contributed by atoms with van der Waals surface area (Å²) in [7, 11) is -3.83. The fourth-order valence-electron chi connectivity index (χ4n) is 3.79. The zero-order chi connectivity index (χ0) is 23.6. The molecule has 0 radical (unpaired) electrons. The number of amides is 1. The third kappa shape index (κ3) is 5.29. The molecule has 1 fully saturated rings. The number of nitrogens with zero attached hydrogens (tertiary/aromatic N) is 3. The van der Waals surface area contributed by atoms with Crippen molar-refractivity contribution in [2.24, 2.45) is 0 Å². The normalized spacial score (nSPS) is 14.3. The molecule has 0 unspecified atom stereocenters. The summed E-state index contributed by atoms with van der Waals surface area (Å²) in [5, 5.41) is 0.578. The number of nitrogens with one attached hydrogen (secondary N) is 1. The van der Waals surface area contributed by atoms with Gasteiger partial charge in [-0.3, -0.25) is 9.52 Å². The number of aromatic nitrogens is 1. The predicted molar refractivity (Wildman–Crippen MR) is 131 cm³/mol. The topological polar surface area (TPSA) is 82.6 Å². The number of sulfonamides is 1. The standard InChI is InChI=1S/C24H25ClN4O3S/c1-17-4-3-5-20(14-17)27-33(31,32)21-8-6-18(2)22(15-21)24(30)29-12-10-28(11-13-29)23-9-7-19(25)16-26-23/h3-9,14-16,27H,10-13H2,1-2H3. The van der Waals surface area contributed by atoms with E-state index >= 15 is 0 Å². The highest BCUT2D eigenvalue weighted by molar-refractivity contribution is 7.92. The molecule has 1 saturated heterocycles. The van der Waals surface area contributed by atoms with Gasteiger partial charge in [0, 0.05) is 43.6 Å². The maximum absolute atomic E-state index is 13.2. The van der Waals surface area contributed by atoms with Crippen LogP contribution in [-0.2, 0) is 10.0 Å². The SMILES string of the molecule is Cc1cccc(NS(=O)(=O)c2ccc(C)c(C(=O)N3CCN(c4ccc(Cl)cn4)CC3)c2)c1. The molecule has 3 aromatic rings. The average Bonchev–Trinajstić information content (AvgIpc) is 2.79. The summed E-state index contributed by atoms with van der Waals surface area (Å²) in [6.45, 7) is 6.00. The van der Waals surface area contributed by atoms with Crippen molar-refractivity contribution in [3.63, 3.8) is 0 Å². The Kier molecular flexibility index (Phi) is 6.58. The van der Waals surface area contributed by atoms with Gasteiger partial charge >= 0.3 is 0 Å². The molecule has 2 aromatic carbocycles. The van der Waals surface area contributed by atoms with E-state index in [2.05, 4.69) is 14.6 Å². The zero-order valence-electron chi connectivity index (χ0n) is 18.5. The Hall–Kier alpha value is -3.10. The van der Waals surface area contributed by atoms with E-state index in [9.17, 15) is 13.2 Å². The van der Waals surface area contributed by atoms with Crippen molar-refractivity contribution in [2.75, 3.05) is 35.8 Å². The van der Waals surface area contributed by atoms with Gasteiger partial charge in [-0.1, -0.05) is 29.8 Å². The minimum atomic E-state index is -3.83. The van der Waals surface area contributed by atoms with Gasteiger partial charge in [-0.15, -0.1) is 0 Å². The highest BCUT2D eigenvalue weighted by Gasteiger charge is 2.25. The average molecular weight is 485 g/mol. The van der Waals surface area contributed by atoms with E-state index in [-0.39, 0.29) is 10.8 Å². The van der Waals surface area contributed by atoms with Gasteiger partial charge in [-0.25, -0.2) is 13.4 Å². The molecule has 1 aliphatic rings. The van der Waals surface area contributed by atoms with Crippen LogP contribution in [0.5, 0.6) is 0 Å². The largest absolute Gasteiger partial charge is 0.353 e. The van der Waals surface area contributed by atoms with Gasteiger partial charge in [0.1, 0.15) is 5.82 Å². The maximum atomic E-state index is 13.2. The summed E-state index contributed by atoms with van der Waals surface area (Å²) < 4.78 is 28.5. The van der Waals surface area contributed by atoms with E-state index in [0.29, 0.717) is 42.5 Å². The Balaban J connectivity index is 1.49. The van der Waals surface area contributed by atoms with Crippen molar-refractivity contribution in [1.82, 2.24) is 9.88 Å². The van der Waals surface area contributed by atoms with Gasteiger partial charge in [0.2, 0.25) is 0 Å². The molecular weight excluding hydrogens is 460 g/mol. The molecule has 9 heteroatoms. The molecule has 1 aromatic heterocycles. The van der Waals surface area contributed by atoms with Crippen molar-refractivity contribution in [1.29, 1.82) is 0 Å². The number of hydrogen-bond acceptors (Lipinski definition) is 5. The summed E-state index contributed by atoms with van der Waals surface area (Å²) in [6.07, 6.45) is 1.61. The summed E-state index contributed by atoms with van der Waals surface area (Å²) in [6, 6.07) is 15.4. The van der Waals surface area contributed by atoms with Crippen LogP contribution in [-0.4, -0.2) is 50.4 Å². The maximum Gasteiger partial charge on any atom is 0.261 e. The van der Waals surface area contributed by atoms with Crippen LogP contribution in [0.25, 0.3) is 0 Å². The van der Waals surface area contributed by atoms with Gasteiger partial charge in [0.15, 0.2) is 0 Å². The van der Waals surface area contributed by atoms with Crippen LogP contribution in [0.4, 0.5) is 11.5 Å². The van der Waals surface area contributed by atoms with Crippen LogP contribution in [0.1, 0.15) is 21.5 Å². The first-order valence-electron chi connectivity index (χ1n) is 10.6. The minimum Gasteiger partial charge on any atom is -0.353 e. The van der Waals surface area contributed by atoms with Crippen LogP contribution in [0.2, 0.25) is 5.02 Å². The van der Waals surface area contributed by atoms with E-state index < -0.39 is 10.0 Å². The van der Waals surface area contributed by atoms with Gasteiger partial charge in [-0.2, -0.15) is 0 Å². The molecule has 0 atom stereocenters. The summed E-state index contributed by atoms with van der Waals surface area (Å²) in [4.78, 5) is 21.5. The van der Waals surface area contributed by atoms with Gasteiger partial charge < -0.3 is 9.80 Å².